The molecule has 3 nitrogen and oxygen atoms in total. The number of rotatable bonds is 3. The van der Waals surface area contributed by atoms with Gasteiger partial charge in [0.2, 0.25) is 0 Å². The van der Waals surface area contributed by atoms with E-state index >= 15 is 0 Å². The quantitative estimate of drug-likeness (QED) is 0.767. The molecule has 1 aromatic rings. The van der Waals surface area contributed by atoms with Crippen molar-refractivity contribution >= 4 is 5.97 Å². The van der Waals surface area contributed by atoms with Crippen molar-refractivity contribution in [2.75, 3.05) is 6.61 Å². The van der Waals surface area contributed by atoms with Gasteiger partial charge in [-0.1, -0.05) is 0 Å². The number of benzene rings is 1. The number of esters is 1. The van der Waals surface area contributed by atoms with Crippen LogP contribution in [-0.4, -0.2) is 12.6 Å². The van der Waals surface area contributed by atoms with Crippen molar-refractivity contribution in [1.82, 2.24) is 0 Å². The number of carbonyl (C=O) groups is 1. The number of nitrogens with zero attached hydrogens (tertiary/aromatic N) is 1. The van der Waals surface area contributed by atoms with Gasteiger partial charge in [0.1, 0.15) is 11.9 Å². The molecule has 0 aliphatic rings. The number of alkyl halides is 2. The van der Waals surface area contributed by atoms with Crippen LogP contribution in [0.4, 0.5) is 13.2 Å². The van der Waals surface area contributed by atoms with Crippen molar-refractivity contribution in [3.05, 3.63) is 34.6 Å². The molecule has 0 saturated heterocycles. The van der Waals surface area contributed by atoms with Gasteiger partial charge in [0.05, 0.1) is 23.3 Å². The molecule has 17 heavy (non-hydrogen) atoms. The summed E-state index contributed by atoms with van der Waals surface area (Å²) in [4.78, 5) is 11.4. The summed E-state index contributed by atoms with van der Waals surface area (Å²) < 4.78 is 42.6. The fourth-order valence-electron chi connectivity index (χ4n) is 1.23. The summed E-state index contributed by atoms with van der Waals surface area (Å²) in [5, 5.41) is 8.68. The Balaban J connectivity index is 3.32. The molecule has 6 heteroatoms. The maximum atomic E-state index is 13.1. The molecule has 0 atom stereocenters. The lowest BCUT2D eigenvalue weighted by Crippen LogP contribution is -2.09. The maximum Gasteiger partial charge on any atom is 0.339 e. The Hall–Kier alpha value is -2.03. The van der Waals surface area contributed by atoms with E-state index in [1.165, 1.54) is 6.92 Å². The summed E-state index contributed by atoms with van der Waals surface area (Å²) in [6, 6.07) is 2.81. The van der Waals surface area contributed by atoms with Crippen molar-refractivity contribution in [1.29, 1.82) is 5.26 Å². The molecule has 0 aliphatic heterocycles. The second-order valence-corrected chi connectivity index (χ2v) is 3.05. The molecule has 1 aromatic carbocycles. The van der Waals surface area contributed by atoms with Crippen molar-refractivity contribution in [3.8, 4) is 6.07 Å². The predicted octanol–water partition coefficient (Wildman–Crippen LogP) is 2.81. The molecule has 0 aliphatic carbocycles. The minimum atomic E-state index is -3.06. The molecule has 0 N–H and O–H groups in total. The lowest BCUT2D eigenvalue weighted by atomic mass is 10.0. The molecule has 0 heterocycles. The largest absolute Gasteiger partial charge is 0.462 e. The normalized spacial score (nSPS) is 10.1. The van der Waals surface area contributed by atoms with E-state index < -0.39 is 23.8 Å². The highest BCUT2D eigenvalue weighted by Gasteiger charge is 2.21. The zero-order chi connectivity index (χ0) is 13.0. The van der Waals surface area contributed by atoms with Gasteiger partial charge in [-0.25, -0.2) is 18.0 Å². The van der Waals surface area contributed by atoms with E-state index in [1.54, 1.807) is 6.07 Å². The zero-order valence-electron chi connectivity index (χ0n) is 8.84. The van der Waals surface area contributed by atoms with Crippen LogP contribution in [-0.2, 0) is 4.74 Å². The van der Waals surface area contributed by atoms with Gasteiger partial charge in [-0.05, 0) is 19.1 Å². The second-order valence-electron chi connectivity index (χ2n) is 3.05. The van der Waals surface area contributed by atoms with E-state index in [-0.39, 0.29) is 17.7 Å². The van der Waals surface area contributed by atoms with Gasteiger partial charge in [0.25, 0.3) is 6.43 Å². The molecule has 0 radical (unpaired) electrons. The standard InChI is InChI=1S/C11H8F3NO2/c1-2-17-11(16)7-4-8(10(13)14)9(12)3-6(7)5-15/h3-4,10H,2H2,1H3. The monoisotopic (exact) mass is 243 g/mol. The Labute approximate surface area is 95.4 Å². The van der Waals surface area contributed by atoms with E-state index in [9.17, 15) is 18.0 Å². The van der Waals surface area contributed by atoms with E-state index in [0.29, 0.717) is 12.1 Å². The van der Waals surface area contributed by atoms with Gasteiger partial charge >= 0.3 is 5.97 Å². The van der Waals surface area contributed by atoms with Gasteiger partial charge in [-0.2, -0.15) is 5.26 Å². The Morgan fingerprint density at radius 2 is 2.18 bits per heavy atom. The van der Waals surface area contributed by atoms with Crippen LogP contribution in [0.3, 0.4) is 0 Å². The maximum absolute atomic E-state index is 13.1. The van der Waals surface area contributed by atoms with Crippen LogP contribution in [0.25, 0.3) is 0 Å². The summed E-state index contributed by atoms with van der Waals surface area (Å²) in [6.07, 6.45) is -3.06. The molecule has 0 unspecified atom stereocenters. The van der Waals surface area contributed by atoms with Crippen molar-refractivity contribution < 1.29 is 22.7 Å². The zero-order valence-corrected chi connectivity index (χ0v) is 8.84. The molecule has 0 saturated carbocycles. The van der Waals surface area contributed by atoms with Crippen molar-refractivity contribution in [2.45, 2.75) is 13.3 Å². The van der Waals surface area contributed by atoms with E-state index in [0.717, 1.165) is 0 Å². The minimum absolute atomic E-state index is 0.0328. The molecule has 90 valence electrons. The topological polar surface area (TPSA) is 50.1 Å². The molecule has 0 spiro atoms. The highest BCUT2D eigenvalue weighted by molar-refractivity contribution is 5.92. The summed E-state index contributed by atoms with van der Waals surface area (Å²) in [5.74, 6) is -2.14. The van der Waals surface area contributed by atoms with Crippen LogP contribution in [0.5, 0.6) is 0 Å². The number of hydrogen-bond acceptors (Lipinski definition) is 3. The fourth-order valence-corrected chi connectivity index (χ4v) is 1.23. The minimum Gasteiger partial charge on any atom is -0.462 e. The molecule has 0 bridgehead atoms. The number of ether oxygens (including phenoxy) is 1. The molecule has 0 fully saturated rings. The summed E-state index contributed by atoms with van der Waals surface area (Å²) in [7, 11) is 0. The smallest absolute Gasteiger partial charge is 0.339 e. The average molecular weight is 243 g/mol. The molecular formula is C11H8F3NO2. The first-order valence-electron chi connectivity index (χ1n) is 4.70. The summed E-state index contributed by atoms with van der Waals surface area (Å²) in [5.41, 5.74) is -1.61. The molecule has 1 rings (SSSR count). The molecule has 0 aromatic heterocycles. The van der Waals surface area contributed by atoms with Crippen molar-refractivity contribution in [3.63, 3.8) is 0 Å². The summed E-state index contributed by atoms with van der Waals surface area (Å²) >= 11 is 0. The first-order chi connectivity index (χ1) is 8.01. The fraction of sp³-hybridized carbons (Fsp3) is 0.273. The van der Waals surface area contributed by atoms with Crippen LogP contribution >= 0.6 is 0 Å². The van der Waals surface area contributed by atoms with Crippen LogP contribution in [0, 0.1) is 17.1 Å². The summed E-state index contributed by atoms with van der Waals surface area (Å²) in [6.45, 7) is 1.56. The second kappa shape index (κ2) is 5.34. The lowest BCUT2D eigenvalue weighted by Gasteiger charge is -2.07. The van der Waals surface area contributed by atoms with E-state index in [2.05, 4.69) is 4.74 Å². The Kier molecular flexibility index (Phi) is 4.10. The van der Waals surface area contributed by atoms with E-state index in [1.807, 2.05) is 0 Å². The van der Waals surface area contributed by atoms with Gasteiger partial charge in [-0.3, -0.25) is 0 Å². The number of halogens is 3. The SMILES string of the molecule is CCOC(=O)c1cc(C(F)F)c(F)cc1C#N. The van der Waals surface area contributed by atoms with E-state index in [4.69, 9.17) is 5.26 Å². The number of nitriles is 1. The average Bonchev–Trinajstić information content (AvgIpc) is 2.28. The molecule has 0 amide bonds. The van der Waals surface area contributed by atoms with Crippen LogP contribution in [0.1, 0.15) is 34.8 Å². The lowest BCUT2D eigenvalue weighted by molar-refractivity contribution is 0.0525. The van der Waals surface area contributed by atoms with Gasteiger partial charge in [0.15, 0.2) is 0 Å². The highest BCUT2D eigenvalue weighted by atomic mass is 19.3. The van der Waals surface area contributed by atoms with Gasteiger partial charge in [-0.15, -0.1) is 0 Å². The number of hydrogen-bond donors (Lipinski definition) is 0. The van der Waals surface area contributed by atoms with Crippen molar-refractivity contribution in [2.24, 2.45) is 0 Å². The van der Waals surface area contributed by atoms with Gasteiger partial charge < -0.3 is 4.74 Å². The first kappa shape index (κ1) is 13.0. The third kappa shape index (κ3) is 2.75. The van der Waals surface area contributed by atoms with Gasteiger partial charge in [0, 0.05) is 0 Å². The first-order valence-corrected chi connectivity index (χ1v) is 4.70. The third-order valence-electron chi connectivity index (χ3n) is 1.99. The third-order valence-corrected chi connectivity index (χ3v) is 1.99. The van der Waals surface area contributed by atoms with Crippen LogP contribution < -0.4 is 0 Å². The Morgan fingerprint density at radius 1 is 1.53 bits per heavy atom. The Morgan fingerprint density at radius 3 is 2.65 bits per heavy atom. The molecular weight excluding hydrogens is 235 g/mol. The van der Waals surface area contributed by atoms with Crippen LogP contribution in [0.2, 0.25) is 0 Å². The van der Waals surface area contributed by atoms with Crippen LogP contribution in [0.15, 0.2) is 12.1 Å². The number of carbonyl (C=O) groups excluding carboxylic acids is 1. The predicted molar refractivity (Wildman–Crippen MR) is 52.0 cm³/mol. The Bertz CT molecular complexity index is 480. The highest BCUT2D eigenvalue weighted by Crippen LogP contribution is 2.25.